The van der Waals surface area contributed by atoms with Gasteiger partial charge in [-0.25, -0.2) is 0 Å². The normalized spacial score (nSPS) is 11.5. The van der Waals surface area contributed by atoms with Crippen molar-refractivity contribution in [1.82, 2.24) is 5.32 Å². The molecule has 0 radical (unpaired) electrons. The average Bonchev–Trinajstić information content (AvgIpc) is 3.14. The summed E-state index contributed by atoms with van der Waals surface area (Å²) in [5, 5.41) is 18.9. The van der Waals surface area contributed by atoms with Crippen molar-refractivity contribution >= 4 is 52.6 Å². The zero-order chi connectivity index (χ0) is 35.5. The van der Waals surface area contributed by atoms with E-state index >= 15 is 0 Å². The number of anilines is 2. The van der Waals surface area contributed by atoms with Gasteiger partial charge in [-0.2, -0.15) is 0 Å². The molecule has 0 aliphatic carbocycles. The number of carbonyl (C=O) groups is 3. The van der Waals surface area contributed by atoms with Crippen molar-refractivity contribution in [3.8, 4) is 11.5 Å². The Hall–Kier alpha value is -6.40. The molecule has 12 heteroatoms. The minimum Gasteiger partial charge on any atom is -0.497 e. The highest BCUT2D eigenvalue weighted by atomic mass is 32.2. The van der Waals surface area contributed by atoms with Crippen LogP contribution in [-0.4, -0.2) is 36.9 Å². The highest BCUT2D eigenvalue weighted by Gasteiger charge is 2.24. The second kappa shape index (κ2) is 16.6. The lowest BCUT2D eigenvalue weighted by molar-refractivity contribution is -0.384. The summed E-state index contributed by atoms with van der Waals surface area (Å²) in [6.45, 7) is 0. The lowest BCUT2D eigenvalue weighted by atomic mass is 10.1. The highest BCUT2D eigenvalue weighted by Crippen LogP contribution is 2.38. The molecule has 0 bridgehead atoms. The standard InChI is InChI=1S/C38H32N4O7S/c1-48-30-20-21-32(34(24-30)49-2)40-38(45)35(26-10-5-3-6-11-26)50-31-15-9-14-28(23-31)39-37(44)33(41-36(43)27-12-7-4-8-13-27)22-25-16-18-29(19-17-25)42(46)47/h3-24,35H,1-2H3,(H,39,44)(H,40,45)(H,41,43)/b33-22+. The summed E-state index contributed by atoms with van der Waals surface area (Å²) >= 11 is 1.29. The Bertz CT molecular complexity index is 2020. The van der Waals surface area contributed by atoms with Crippen LogP contribution in [0, 0.1) is 10.1 Å². The molecule has 0 aliphatic heterocycles. The largest absolute Gasteiger partial charge is 0.497 e. The number of carbonyl (C=O) groups excluding carboxylic acids is 3. The van der Waals surface area contributed by atoms with Crippen molar-refractivity contribution in [1.29, 1.82) is 0 Å². The predicted octanol–water partition coefficient (Wildman–Crippen LogP) is 7.49. The van der Waals surface area contributed by atoms with Gasteiger partial charge >= 0.3 is 0 Å². The van der Waals surface area contributed by atoms with Crippen LogP contribution in [0.2, 0.25) is 0 Å². The van der Waals surface area contributed by atoms with Crippen LogP contribution in [0.4, 0.5) is 17.1 Å². The predicted molar refractivity (Wildman–Crippen MR) is 193 cm³/mol. The summed E-state index contributed by atoms with van der Waals surface area (Å²) in [4.78, 5) is 51.7. The summed E-state index contributed by atoms with van der Waals surface area (Å²) in [7, 11) is 3.05. The Labute approximate surface area is 292 Å². The summed E-state index contributed by atoms with van der Waals surface area (Å²) in [6.07, 6.45) is 1.43. The van der Waals surface area contributed by atoms with E-state index in [4.69, 9.17) is 9.47 Å². The third-order valence-corrected chi connectivity index (χ3v) is 8.54. The summed E-state index contributed by atoms with van der Waals surface area (Å²) in [5.41, 5.74) is 2.25. The monoisotopic (exact) mass is 688 g/mol. The molecule has 5 aromatic carbocycles. The molecule has 0 saturated heterocycles. The molecule has 252 valence electrons. The van der Waals surface area contributed by atoms with E-state index in [1.165, 1.54) is 49.2 Å². The molecule has 0 heterocycles. The van der Waals surface area contributed by atoms with E-state index < -0.39 is 22.0 Å². The molecule has 1 unspecified atom stereocenters. The number of nitro groups is 1. The van der Waals surface area contributed by atoms with Crippen molar-refractivity contribution in [2.45, 2.75) is 10.1 Å². The van der Waals surface area contributed by atoms with Gasteiger partial charge in [0.2, 0.25) is 5.91 Å². The summed E-state index contributed by atoms with van der Waals surface area (Å²) in [6, 6.07) is 35.3. The highest BCUT2D eigenvalue weighted by molar-refractivity contribution is 8.00. The van der Waals surface area contributed by atoms with Crippen LogP contribution in [0.25, 0.3) is 6.08 Å². The first-order valence-corrected chi connectivity index (χ1v) is 16.1. The number of nitrogens with zero attached hydrogens (tertiary/aromatic N) is 1. The Kier molecular flexibility index (Phi) is 11.6. The number of non-ortho nitro benzene ring substituents is 1. The zero-order valence-corrected chi connectivity index (χ0v) is 27.8. The minimum atomic E-state index is -0.684. The van der Waals surface area contributed by atoms with E-state index in [9.17, 15) is 24.5 Å². The van der Waals surface area contributed by atoms with Crippen LogP contribution < -0.4 is 25.4 Å². The average molecular weight is 689 g/mol. The molecule has 5 aromatic rings. The molecule has 5 rings (SSSR count). The molecular weight excluding hydrogens is 657 g/mol. The van der Waals surface area contributed by atoms with Crippen molar-refractivity contribution < 1.29 is 28.8 Å². The first kappa shape index (κ1) is 34.9. The van der Waals surface area contributed by atoms with Crippen LogP contribution in [-0.2, 0) is 9.59 Å². The number of nitrogens with one attached hydrogen (secondary N) is 3. The van der Waals surface area contributed by atoms with Gasteiger partial charge in [0, 0.05) is 34.3 Å². The van der Waals surface area contributed by atoms with Gasteiger partial charge in [0.1, 0.15) is 22.4 Å². The number of hydrogen-bond acceptors (Lipinski definition) is 8. The quantitative estimate of drug-likeness (QED) is 0.0499. The van der Waals surface area contributed by atoms with Gasteiger partial charge in [-0.3, -0.25) is 24.5 Å². The fourth-order valence-electron chi connectivity index (χ4n) is 4.78. The first-order valence-electron chi connectivity index (χ1n) is 15.2. The maximum atomic E-state index is 13.8. The van der Waals surface area contributed by atoms with E-state index in [-0.39, 0.29) is 17.3 Å². The van der Waals surface area contributed by atoms with Crippen molar-refractivity contribution in [2.24, 2.45) is 0 Å². The van der Waals surface area contributed by atoms with E-state index in [0.29, 0.717) is 38.9 Å². The molecule has 0 fully saturated rings. The molecule has 3 N–H and O–H groups in total. The van der Waals surface area contributed by atoms with Gasteiger partial charge in [-0.05, 0) is 71.8 Å². The molecule has 0 saturated carbocycles. The lowest BCUT2D eigenvalue weighted by Gasteiger charge is -2.19. The Morgan fingerprint density at radius 1 is 0.780 bits per heavy atom. The lowest BCUT2D eigenvalue weighted by Crippen LogP contribution is -2.30. The zero-order valence-electron chi connectivity index (χ0n) is 27.0. The molecule has 0 aromatic heterocycles. The number of nitro benzene ring substituents is 1. The Morgan fingerprint density at radius 3 is 2.14 bits per heavy atom. The van der Waals surface area contributed by atoms with Gasteiger partial charge in [0.25, 0.3) is 17.5 Å². The van der Waals surface area contributed by atoms with E-state index in [1.807, 2.05) is 36.4 Å². The molecule has 3 amide bonds. The smallest absolute Gasteiger partial charge is 0.272 e. The fourth-order valence-corrected chi connectivity index (χ4v) is 5.87. The number of hydrogen-bond donors (Lipinski definition) is 3. The van der Waals surface area contributed by atoms with Gasteiger partial charge in [-0.15, -0.1) is 11.8 Å². The van der Waals surface area contributed by atoms with Gasteiger partial charge in [0.15, 0.2) is 0 Å². The second-order valence-corrected chi connectivity index (χ2v) is 11.9. The summed E-state index contributed by atoms with van der Waals surface area (Å²) in [5.74, 6) is -0.410. The molecule has 1 atom stereocenters. The van der Waals surface area contributed by atoms with Crippen LogP contribution in [0.3, 0.4) is 0 Å². The molecule has 11 nitrogen and oxygen atoms in total. The minimum absolute atomic E-state index is 0.0826. The first-order chi connectivity index (χ1) is 24.2. The number of thioether (sulfide) groups is 1. The molecule has 0 aliphatic rings. The van der Waals surface area contributed by atoms with Gasteiger partial charge in [-0.1, -0.05) is 54.6 Å². The number of methoxy groups -OCH3 is 2. The van der Waals surface area contributed by atoms with Crippen LogP contribution >= 0.6 is 11.8 Å². The van der Waals surface area contributed by atoms with E-state index in [0.717, 1.165) is 5.56 Å². The fraction of sp³-hybridized carbons (Fsp3) is 0.0789. The number of benzene rings is 5. The topological polar surface area (TPSA) is 149 Å². The van der Waals surface area contributed by atoms with Crippen molar-refractivity contribution in [2.75, 3.05) is 24.9 Å². The third-order valence-electron chi connectivity index (χ3n) is 7.30. The molecule has 0 spiro atoms. The van der Waals surface area contributed by atoms with Crippen molar-refractivity contribution in [3.63, 3.8) is 0 Å². The van der Waals surface area contributed by atoms with E-state index in [2.05, 4.69) is 16.0 Å². The maximum Gasteiger partial charge on any atom is 0.272 e. The SMILES string of the molecule is COc1ccc(NC(=O)C(Sc2cccc(NC(=O)/C(=C\c3ccc([N+](=O)[O-])cc3)NC(=O)c3ccccc3)c2)c2ccccc2)c(OC)c1. The molecular formula is C38H32N4O7S. The molecule has 50 heavy (non-hydrogen) atoms. The van der Waals surface area contributed by atoms with E-state index in [1.54, 1.807) is 73.8 Å². The van der Waals surface area contributed by atoms with Crippen molar-refractivity contribution in [3.05, 3.63) is 160 Å². The Morgan fingerprint density at radius 2 is 1.48 bits per heavy atom. The van der Waals surface area contributed by atoms with Crippen LogP contribution in [0.1, 0.15) is 26.7 Å². The Balaban J connectivity index is 1.39. The van der Waals surface area contributed by atoms with Crippen LogP contribution in [0.5, 0.6) is 11.5 Å². The van der Waals surface area contributed by atoms with Crippen LogP contribution in [0.15, 0.2) is 138 Å². The number of ether oxygens (including phenoxy) is 2. The number of rotatable bonds is 13. The van der Waals surface area contributed by atoms with Gasteiger partial charge < -0.3 is 25.4 Å². The van der Waals surface area contributed by atoms with Gasteiger partial charge in [0.05, 0.1) is 24.8 Å². The number of amides is 3. The third kappa shape index (κ3) is 9.14. The second-order valence-electron chi connectivity index (χ2n) is 10.7. The summed E-state index contributed by atoms with van der Waals surface area (Å²) < 4.78 is 10.7. The maximum absolute atomic E-state index is 13.8.